The lowest BCUT2D eigenvalue weighted by Crippen LogP contribution is -2.35. The minimum atomic E-state index is -0.0765. The van der Waals surface area contributed by atoms with Crippen LogP contribution in [0.15, 0.2) is 33.5 Å². The maximum Gasteiger partial charge on any atom is 0.263 e. The maximum absolute atomic E-state index is 13.1. The van der Waals surface area contributed by atoms with Crippen molar-refractivity contribution in [2.45, 2.75) is 51.7 Å². The Labute approximate surface area is 179 Å². The van der Waals surface area contributed by atoms with Crippen molar-refractivity contribution in [1.29, 1.82) is 0 Å². The summed E-state index contributed by atoms with van der Waals surface area (Å²) in [6, 6.07) is 6.43. The zero-order valence-corrected chi connectivity index (χ0v) is 19.2. The Balaban J connectivity index is 1.89. The summed E-state index contributed by atoms with van der Waals surface area (Å²) in [7, 11) is 1.72. The van der Waals surface area contributed by atoms with Crippen molar-refractivity contribution in [2.75, 3.05) is 5.75 Å². The number of carbonyl (C=O) groups is 1. The van der Waals surface area contributed by atoms with E-state index in [0.29, 0.717) is 15.4 Å². The molecule has 0 aliphatic rings. The van der Waals surface area contributed by atoms with E-state index in [1.54, 1.807) is 11.6 Å². The van der Waals surface area contributed by atoms with Crippen LogP contribution in [0.5, 0.6) is 0 Å². The number of aryl methyl sites for hydroxylation is 2. The molecule has 0 saturated heterocycles. The molecule has 2 aromatic heterocycles. The fourth-order valence-electron chi connectivity index (χ4n) is 3.20. The number of hydrogen-bond acceptors (Lipinski definition) is 5. The molecule has 7 heteroatoms. The van der Waals surface area contributed by atoms with E-state index in [1.807, 2.05) is 11.4 Å². The number of aromatic nitrogens is 2. The molecule has 29 heavy (non-hydrogen) atoms. The molecule has 2 heterocycles. The van der Waals surface area contributed by atoms with Crippen molar-refractivity contribution >= 4 is 39.2 Å². The van der Waals surface area contributed by atoms with E-state index < -0.39 is 0 Å². The van der Waals surface area contributed by atoms with Crippen LogP contribution in [0.25, 0.3) is 21.3 Å². The molecule has 0 aliphatic heterocycles. The monoisotopic (exact) mass is 429 g/mol. The number of nitrogens with zero attached hydrogens (tertiary/aromatic N) is 2. The van der Waals surface area contributed by atoms with Crippen molar-refractivity contribution < 1.29 is 4.79 Å². The lowest BCUT2D eigenvalue weighted by molar-refractivity contribution is -0.119. The Bertz CT molecular complexity index is 1100. The smallest absolute Gasteiger partial charge is 0.263 e. The van der Waals surface area contributed by atoms with Gasteiger partial charge in [0.2, 0.25) is 5.91 Å². The normalized spacial score (nSPS) is 11.4. The van der Waals surface area contributed by atoms with Gasteiger partial charge in [-0.3, -0.25) is 14.2 Å². The minimum absolute atomic E-state index is 0.0277. The Morgan fingerprint density at radius 3 is 2.62 bits per heavy atom. The third-order valence-electron chi connectivity index (χ3n) is 5.28. The van der Waals surface area contributed by atoms with Gasteiger partial charge in [0.15, 0.2) is 5.16 Å². The molecule has 5 nitrogen and oxygen atoms in total. The molecule has 154 valence electrons. The molecule has 0 spiro atoms. The van der Waals surface area contributed by atoms with E-state index in [1.165, 1.54) is 34.2 Å². The molecule has 0 aliphatic carbocycles. The Hall–Kier alpha value is -2.12. The summed E-state index contributed by atoms with van der Waals surface area (Å²) in [5.74, 6) is 0.220. The summed E-state index contributed by atoms with van der Waals surface area (Å²) < 4.78 is 1.55. The fourth-order valence-corrected chi connectivity index (χ4v) is 4.97. The highest BCUT2D eigenvalue weighted by atomic mass is 32.2. The van der Waals surface area contributed by atoms with E-state index in [4.69, 9.17) is 0 Å². The third-order valence-corrected chi connectivity index (χ3v) is 7.18. The average molecular weight is 430 g/mol. The third kappa shape index (κ3) is 4.56. The van der Waals surface area contributed by atoms with Crippen LogP contribution in [-0.2, 0) is 11.8 Å². The summed E-state index contributed by atoms with van der Waals surface area (Å²) in [4.78, 5) is 30.7. The van der Waals surface area contributed by atoms with E-state index >= 15 is 0 Å². The Kier molecular flexibility index (Phi) is 6.80. The second-order valence-corrected chi connectivity index (χ2v) is 9.06. The molecule has 1 amide bonds. The number of thioether (sulfide) groups is 1. The van der Waals surface area contributed by atoms with Gasteiger partial charge in [-0.1, -0.05) is 43.8 Å². The van der Waals surface area contributed by atoms with Gasteiger partial charge in [0.1, 0.15) is 4.83 Å². The molecule has 0 unspecified atom stereocenters. The van der Waals surface area contributed by atoms with Crippen LogP contribution >= 0.6 is 23.1 Å². The second kappa shape index (κ2) is 9.13. The molecule has 1 N–H and O–H groups in total. The van der Waals surface area contributed by atoms with Gasteiger partial charge >= 0.3 is 0 Å². The summed E-state index contributed by atoms with van der Waals surface area (Å²) in [6.45, 7) is 8.27. The van der Waals surface area contributed by atoms with E-state index in [9.17, 15) is 9.59 Å². The molecule has 3 rings (SSSR count). The highest BCUT2D eigenvalue weighted by Gasteiger charge is 2.17. The van der Waals surface area contributed by atoms with Crippen molar-refractivity contribution in [3.05, 3.63) is 45.1 Å². The number of carbonyl (C=O) groups excluding carboxylic acids is 1. The standard InChI is InChI=1S/C22H27N3O2S2/c1-6-16(7-2)23-18(26)12-29-22-24-20-19(21(27)25(22)5)17(11-28-20)15-9-8-13(3)14(4)10-15/h8-11,16H,6-7,12H2,1-5H3,(H,23,26). The molecular formula is C22H27N3O2S2. The highest BCUT2D eigenvalue weighted by molar-refractivity contribution is 7.99. The van der Waals surface area contributed by atoms with Crippen LogP contribution in [0.2, 0.25) is 0 Å². The van der Waals surface area contributed by atoms with Gasteiger partial charge in [0, 0.05) is 24.0 Å². The van der Waals surface area contributed by atoms with Crippen molar-refractivity contribution in [2.24, 2.45) is 7.05 Å². The molecular weight excluding hydrogens is 402 g/mol. The zero-order chi connectivity index (χ0) is 21.1. The average Bonchev–Trinajstić information content (AvgIpc) is 3.13. The lowest BCUT2D eigenvalue weighted by Gasteiger charge is -2.14. The van der Waals surface area contributed by atoms with Crippen LogP contribution in [0.4, 0.5) is 0 Å². The summed E-state index contributed by atoms with van der Waals surface area (Å²) >= 11 is 2.77. The predicted molar refractivity (Wildman–Crippen MR) is 123 cm³/mol. The summed E-state index contributed by atoms with van der Waals surface area (Å²) in [5.41, 5.74) is 4.30. The first-order valence-electron chi connectivity index (χ1n) is 9.83. The number of rotatable bonds is 7. The van der Waals surface area contributed by atoms with Gasteiger partial charge in [-0.05, 0) is 43.4 Å². The summed E-state index contributed by atoms with van der Waals surface area (Å²) in [5, 5.41) is 6.23. The minimum Gasteiger partial charge on any atom is -0.353 e. The first-order chi connectivity index (χ1) is 13.8. The molecule has 3 aromatic rings. The topological polar surface area (TPSA) is 64.0 Å². The van der Waals surface area contributed by atoms with E-state index in [2.05, 4.69) is 50.1 Å². The first kappa shape index (κ1) is 21.6. The molecule has 0 bridgehead atoms. The largest absolute Gasteiger partial charge is 0.353 e. The zero-order valence-electron chi connectivity index (χ0n) is 17.5. The van der Waals surface area contributed by atoms with Crippen LogP contribution in [0, 0.1) is 13.8 Å². The SMILES string of the molecule is CCC(CC)NC(=O)CSc1nc2scc(-c3ccc(C)c(C)c3)c2c(=O)n1C. The molecule has 1 aromatic carbocycles. The fraction of sp³-hybridized carbons (Fsp3) is 0.409. The Morgan fingerprint density at radius 2 is 1.97 bits per heavy atom. The number of hydrogen-bond donors (Lipinski definition) is 1. The number of nitrogens with one attached hydrogen (secondary N) is 1. The molecule has 0 saturated carbocycles. The van der Waals surface area contributed by atoms with Gasteiger partial charge in [-0.15, -0.1) is 11.3 Å². The maximum atomic E-state index is 13.1. The van der Waals surface area contributed by atoms with Crippen molar-refractivity contribution in [3.63, 3.8) is 0 Å². The van der Waals surface area contributed by atoms with Gasteiger partial charge < -0.3 is 5.32 Å². The molecule has 0 fully saturated rings. The quantitative estimate of drug-likeness (QED) is 0.438. The highest BCUT2D eigenvalue weighted by Crippen LogP contribution is 2.32. The molecule has 0 atom stereocenters. The Morgan fingerprint density at radius 1 is 1.24 bits per heavy atom. The first-order valence-corrected chi connectivity index (χ1v) is 11.7. The number of benzene rings is 1. The van der Waals surface area contributed by atoms with Crippen LogP contribution in [-0.4, -0.2) is 27.3 Å². The summed E-state index contributed by atoms with van der Waals surface area (Å²) in [6.07, 6.45) is 1.82. The lowest BCUT2D eigenvalue weighted by atomic mass is 10.0. The number of fused-ring (bicyclic) bond motifs is 1. The molecule has 0 radical (unpaired) electrons. The predicted octanol–water partition coefficient (Wildman–Crippen LogP) is 4.68. The number of amides is 1. The van der Waals surface area contributed by atoms with Gasteiger partial charge in [0.25, 0.3) is 5.56 Å². The number of thiophene rings is 1. The van der Waals surface area contributed by atoms with E-state index in [0.717, 1.165) is 24.0 Å². The van der Waals surface area contributed by atoms with Crippen molar-refractivity contribution in [1.82, 2.24) is 14.9 Å². The van der Waals surface area contributed by atoms with Crippen LogP contribution in [0.3, 0.4) is 0 Å². The van der Waals surface area contributed by atoms with E-state index in [-0.39, 0.29) is 23.3 Å². The van der Waals surface area contributed by atoms with Gasteiger partial charge in [-0.2, -0.15) is 0 Å². The van der Waals surface area contributed by atoms with Crippen LogP contribution < -0.4 is 10.9 Å². The van der Waals surface area contributed by atoms with Gasteiger partial charge in [-0.25, -0.2) is 4.98 Å². The van der Waals surface area contributed by atoms with Crippen LogP contribution in [0.1, 0.15) is 37.8 Å². The second-order valence-electron chi connectivity index (χ2n) is 7.26. The van der Waals surface area contributed by atoms with Crippen molar-refractivity contribution in [3.8, 4) is 11.1 Å². The van der Waals surface area contributed by atoms with Gasteiger partial charge in [0.05, 0.1) is 11.1 Å².